The summed E-state index contributed by atoms with van der Waals surface area (Å²) >= 11 is 5.62. The van der Waals surface area contributed by atoms with Crippen LogP contribution in [-0.2, 0) is 9.84 Å². The third-order valence-electron chi connectivity index (χ3n) is 4.84. The highest BCUT2D eigenvalue weighted by Gasteiger charge is 2.85. The summed E-state index contributed by atoms with van der Waals surface area (Å²) in [6.07, 6.45) is -6.72. The minimum atomic E-state index is -7.61. The van der Waals surface area contributed by atoms with Gasteiger partial charge in [-0.3, -0.25) is 10.1 Å². The van der Waals surface area contributed by atoms with Crippen LogP contribution in [0.15, 0.2) is 41.6 Å². The van der Waals surface area contributed by atoms with Gasteiger partial charge in [0.2, 0.25) is 0 Å². The van der Waals surface area contributed by atoms with E-state index in [1.165, 1.54) is 0 Å². The second-order valence-electron chi connectivity index (χ2n) is 7.24. The zero-order valence-electron chi connectivity index (χ0n) is 17.5. The highest BCUT2D eigenvalue weighted by atomic mass is 35.5. The fourth-order valence-corrected chi connectivity index (χ4v) is 4.51. The summed E-state index contributed by atoms with van der Waals surface area (Å²) < 4.78 is 158. The lowest BCUT2D eigenvalue weighted by Crippen LogP contribution is -2.63. The van der Waals surface area contributed by atoms with Gasteiger partial charge in [-0.25, -0.2) is 22.8 Å². The molecule has 1 N–H and O–H groups in total. The first kappa shape index (κ1) is 29.1. The van der Waals surface area contributed by atoms with Crippen LogP contribution in [0.3, 0.4) is 0 Å². The summed E-state index contributed by atoms with van der Waals surface area (Å²) in [5.41, 5.74) is -2.73. The summed E-state index contributed by atoms with van der Waals surface area (Å²) in [6, 6.07) is 3.03. The molecule has 0 aliphatic carbocycles. The number of nitrogens with zero attached hydrogens (tertiary/aromatic N) is 3. The highest BCUT2D eigenvalue weighted by Crippen LogP contribution is 2.56. The second-order valence-corrected chi connectivity index (χ2v) is 9.60. The van der Waals surface area contributed by atoms with Gasteiger partial charge in [-0.15, -0.1) is 0 Å². The summed E-state index contributed by atoms with van der Waals surface area (Å²) in [5.74, 6) is -16.5. The van der Waals surface area contributed by atoms with E-state index in [4.69, 9.17) is 11.6 Å². The minimum absolute atomic E-state index is 0.0173. The molecule has 0 saturated carbocycles. The molecule has 0 spiro atoms. The molecule has 0 fully saturated rings. The predicted octanol–water partition coefficient (Wildman–Crippen LogP) is 6.27. The number of nitro benzene ring substituents is 1. The molecular weight excluding hydrogens is 594 g/mol. The number of hydrogen-bond acceptors (Lipinski definition) is 7. The van der Waals surface area contributed by atoms with Gasteiger partial charge in [-0.1, -0.05) is 11.6 Å². The monoisotopic (exact) mass is 600 g/mol. The van der Waals surface area contributed by atoms with Gasteiger partial charge in [0.25, 0.3) is 15.5 Å². The Hall–Kier alpha value is -3.48. The van der Waals surface area contributed by atoms with Gasteiger partial charge >= 0.3 is 23.3 Å². The molecule has 2 aromatic carbocycles. The number of halogens is 11. The van der Waals surface area contributed by atoms with E-state index in [9.17, 15) is 62.4 Å². The van der Waals surface area contributed by atoms with Crippen LogP contribution in [0.2, 0.25) is 5.02 Å². The molecule has 3 rings (SSSR count). The molecule has 8 nitrogen and oxygen atoms in total. The molecule has 38 heavy (non-hydrogen) atoms. The Morgan fingerprint density at radius 1 is 0.921 bits per heavy atom. The number of nitro groups is 1. The Morgan fingerprint density at radius 2 is 1.53 bits per heavy atom. The summed E-state index contributed by atoms with van der Waals surface area (Å²) in [6.45, 7) is 0. The lowest BCUT2D eigenvalue weighted by molar-refractivity contribution is -0.388. The SMILES string of the molecule is O=[N+]([O-])c1cc2c(Nc3ccc(F)c(Cl)c3)ncnc2cc1S(=O)(=O)C(F)(F)C(F)(F)C(F)(F)C(F)(F)F. The van der Waals surface area contributed by atoms with E-state index in [0.717, 1.165) is 18.2 Å². The first-order valence-electron chi connectivity index (χ1n) is 9.27. The lowest BCUT2D eigenvalue weighted by Gasteiger charge is -2.33. The van der Waals surface area contributed by atoms with Crippen molar-refractivity contribution in [2.45, 2.75) is 28.2 Å². The van der Waals surface area contributed by atoms with Gasteiger partial charge in [0.15, 0.2) is 4.90 Å². The molecule has 3 aromatic rings. The zero-order chi connectivity index (χ0) is 29.1. The van der Waals surface area contributed by atoms with E-state index < -0.39 is 76.2 Å². The van der Waals surface area contributed by atoms with E-state index in [1.807, 2.05) is 0 Å². The van der Waals surface area contributed by atoms with Crippen LogP contribution in [0.25, 0.3) is 10.9 Å². The van der Waals surface area contributed by atoms with E-state index in [2.05, 4.69) is 15.3 Å². The Balaban J connectivity index is 2.24. The van der Waals surface area contributed by atoms with Crippen molar-refractivity contribution >= 4 is 49.5 Å². The average Bonchev–Trinajstić information content (AvgIpc) is 2.79. The highest BCUT2D eigenvalue weighted by molar-refractivity contribution is 7.92. The van der Waals surface area contributed by atoms with Crippen LogP contribution in [0.5, 0.6) is 0 Å². The first-order valence-corrected chi connectivity index (χ1v) is 11.1. The molecule has 0 aliphatic heterocycles. The third-order valence-corrected chi connectivity index (χ3v) is 6.97. The van der Waals surface area contributed by atoms with Crippen LogP contribution in [0.1, 0.15) is 0 Å². The van der Waals surface area contributed by atoms with Crippen LogP contribution >= 0.6 is 11.6 Å². The number of nitrogens with one attached hydrogen (secondary N) is 1. The van der Waals surface area contributed by atoms with Crippen molar-refractivity contribution in [3.05, 3.63) is 57.6 Å². The van der Waals surface area contributed by atoms with Crippen molar-refractivity contribution < 1.29 is 57.2 Å². The normalized spacial score (nSPS) is 13.6. The zero-order valence-corrected chi connectivity index (χ0v) is 19.1. The maximum absolute atomic E-state index is 14.3. The van der Waals surface area contributed by atoms with E-state index in [1.54, 1.807) is 0 Å². The second kappa shape index (κ2) is 9.07. The smallest absolute Gasteiger partial charge is 0.340 e. The number of benzene rings is 2. The largest absolute Gasteiger partial charge is 0.460 e. The Bertz CT molecular complexity index is 1550. The van der Waals surface area contributed by atoms with E-state index in [0.29, 0.717) is 6.33 Å². The third kappa shape index (κ3) is 4.42. The molecule has 0 saturated heterocycles. The number of hydrogen-bond donors (Lipinski definition) is 1. The van der Waals surface area contributed by atoms with Crippen LogP contribution < -0.4 is 5.32 Å². The van der Waals surface area contributed by atoms with Gasteiger partial charge < -0.3 is 5.32 Å². The lowest BCUT2D eigenvalue weighted by atomic mass is 10.1. The number of anilines is 2. The molecular formula is C18H7ClF10N4O4S. The summed E-state index contributed by atoms with van der Waals surface area (Å²) in [4.78, 5) is 14.5. The molecule has 206 valence electrons. The summed E-state index contributed by atoms with van der Waals surface area (Å²) in [5, 5.41) is 5.77. The van der Waals surface area contributed by atoms with Crippen LogP contribution in [0, 0.1) is 15.9 Å². The minimum Gasteiger partial charge on any atom is -0.340 e. The van der Waals surface area contributed by atoms with Gasteiger partial charge in [0.05, 0.1) is 15.5 Å². The molecule has 0 unspecified atom stereocenters. The average molecular weight is 601 g/mol. The molecule has 0 bridgehead atoms. The molecule has 0 atom stereocenters. The van der Waals surface area contributed by atoms with Crippen molar-refractivity contribution in [1.29, 1.82) is 0 Å². The van der Waals surface area contributed by atoms with Crippen LogP contribution in [-0.4, -0.2) is 46.6 Å². The molecule has 0 aliphatic rings. The van der Waals surface area contributed by atoms with E-state index in [-0.39, 0.29) is 17.8 Å². The maximum Gasteiger partial charge on any atom is 0.460 e. The van der Waals surface area contributed by atoms with Crippen molar-refractivity contribution in [3.8, 4) is 0 Å². The maximum atomic E-state index is 14.3. The molecule has 0 amide bonds. The number of alkyl halides is 9. The Morgan fingerprint density at radius 3 is 2.05 bits per heavy atom. The van der Waals surface area contributed by atoms with Crippen molar-refractivity contribution in [1.82, 2.24) is 9.97 Å². The number of fused-ring (bicyclic) bond motifs is 1. The number of rotatable bonds is 7. The molecule has 0 radical (unpaired) electrons. The van der Waals surface area contributed by atoms with Gasteiger partial charge in [0.1, 0.15) is 18.0 Å². The standard InChI is InChI=1S/C18H7ClF10N4O4S/c19-9-3-7(1-2-10(9)20)32-14-8-4-12(33(34)35)13(5-11(8)30-6-31-14)38(36,37)18(28,29)16(23,24)15(21,22)17(25,26)27/h1-6H,(H,30,31,32). The van der Waals surface area contributed by atoms with Gasteiger partial charge in [0, 0.05) is 17.1 Å². The molecule has 1 heterocycles. The Kier molecular flexibility index (Phi) is 6.94. The molecule has 1 aromatic heterocycles. The Labute approximate surface area is 208 Å². The van der Waals surface area contributed by atoms with Crippen LogP contribution in [0.4, 0.5) is 61.1 Å². The predicted molar refractivity (Wildman–Crippen MR) is 109 cm³/mol. The van der Waals surface area contributed by atoms with Crippen molar-refractivity contribution in [2.24, 2.45) is 0 Å². The van der Waals surface area contributed by atoms with Crippen molar-refractivity contribution in [3.63, 3.8) is 0 Å². The van der Waals surface area contributed by atoms with E-state index >= 15 is 0 Å². The fourth-order valence-electron chi connectivity index (χ4n) is 2.91. The number of sulfone groups is 1. The summed E-state index contributed by atoms with van der Waals surface area (Å²) in [7, 11) is -7.33. The molecule has 20 heteroatoms. The van der Waals surface area contributed by atoms with Crippen molar-refractivity contribution in [2.75, 3.05) is 5.32 Å². The fraction of sp³-hybridized carbons (Fsp3) is 0.222. The topological polar surface area (TPSA) is 115 Å². The first-order chi connectivity index (χ1) is 17.2. The quantitative estimate of drug-likeness (QED) is 0.193. The number of aromatic nitrogens is 2. The van der Waals surface area contributed by atoms with Gasteiger partial charge in [-0.2, -0.15) is 39.5 Å². The van der Waals surface area contributed by atoms with Gasteiger partial charge in [-0.05, 0) is 24.3 Å².